The SMILES string of the molecule is CC(C)NC(=O)Nc1ccc2c(c1)C(=O)N([C@@H](C)CO)C[C@@H](C)[C@@H](CN(C)C(=O)CCCN(C)C)OCCCC[C@@H](C)O2. The quantitative estimate of drug-likeness (QED) is 0.371. The highest BCUT2D eigenvalue weighted by molar-refractivity contribution is 5.99. The smallest absolute Gasteiger partial charge is 0.319 e. The molecule has 2 rings (SSSR count). The first-order valence-corrected chi connectivity index (χ1v) is 15.6. The van der Waals surface area contributed by atoms with Crippen LogP contribution in [0.4, 0.5) is 10.5 Å². The van der Waals surface area contributed by atoms with E-state index in [9.17, 15) is 19.5 Å². The second kappa shape index (κ2) is 18.0. The topological polar surface area (TPSA) is 124 Å². The van der Waals surface area contributed by atoms with E-state index in [0.717, 1.165) is 32.2 Å². The molecule has 1 aromatic carbocycles. The highest BCUT2D eigenvalue weighted by Gasteiger charge is 2.31. The van der Waals surface area contributed by atoms with Crippen molar-refractivity contribution in [1.29, 1.82) is 0 Å². The summed E-state index contributed by atoms with van der Waals surface area (Å²) in [7, 11) is 5.79. The zero-order valence-corrected chi connectivity index (χ0v) is 27.5. The van der Waals surface area contributed by atoms with E-state index in [1.54, 1.807) is 42.0 Å². The third-order valence-corrected chi connectivity index (χ3v) is 7.60. The number of fused-ring (bicyclic) bond motifs is 1. The molecular formula is C32H55N5O6. The molecule has 11 heteroatoms. The summed E-state index contributed by atoms with van der Waals surface area (Å²) < 4.78 is 12.6. The second-order valence-corrected chi connectivity index (χ2v) is 12.4. The molecule has 1 heterocycles. The minimum atomic E-state index is -0.486. The van der Waals surface area contributed by atoms with E-state index in [1.807, 2.05) is 41.8 Å². The van der Waals surface area contributed by atoms with Gasteiger partial charge in [-0.1, -0.05) is 6.92 Å². The van der Waals surface area contributed by atoms with E-state index in [0.29, 0.717) is 43.1 Å². The van der Waals surface area contributed by atoms with Crippen molar-refractivity contribution in [2.75, 3.05) is 59.3 Å². The van der Waals surface area contributed by atoms with E-state index in [4.69, 9.17) is 9.47 Å². The van der Waals surface area contributed by atoms with Crippen molar-refractivity contribution >= 4 is 23.5 Å². The number of carbonyl (C=O) groups is 3. The van der Waals surface area contributed by atoms with Gasteiger partial charge in [-0.05, 0) is 92.2 Å². The number of nitrogens with zero attached hydrogens (tertiary/aromatic N) is 3. The maximum Gasteiger partial charge on any atom is 0.319 e. The largest absolute Gasteiger partial charge is 0.490 e. The molecule has 4 amide bonds. The Morgan fingerprint density at radius 1 is 1.14 bits per heavy atom. The molecule has 0 radical (unpaired) electrons. The maximum absolute atomic E-state index is 14.2. The highest BCUT2D eigenvalue weighted by atomic mass is 16.5. The van der Waals surface area contributed by atoms with Crippen LogP contribution in [0.3, 0.4) is 0 Å². The van der Waals surface area contributed by atoms with Gasteiger partial charge in [-0.25, -0.2) is 4.79 Å². The molecule has 11 nitrogen and oxygen atoms in total. The van der Waals surface area contributed by atoms with Gasteiger partial charge < -0.3 is 39.9 Å². The van der Waals surface area contributed by atoms with E-state index in [-0.39, 0.29) is 48.6 Å². The fourth-order valence-electron chi connectivity index (χ4n) is 5.00. The van der Waals surface area contributed by atoms with Crippen LogP contribution in [0.1, 0.15) is 77.1 Å². The molecule has 0 spiro atoms. The first-order valence-electron chi connectivity index (χ1n) is 15.6. The molecule has 0 saturated carbocycles. The molecule has 3 N–H and O–H groups in total. The molecule has 0 unspecified atom stereocenters. The van der Waals surface area contributed by atoms with Crippen molar-refractivity contribution in [1.82, 2.24) is 20.0 Å². The predicted octanol–water partition coefficient (Wildman–Crippen LogP) is 3.81. The lowest BCUT2D eigenvalue weighted by molar-refractivity contribution is -0.132. The number of amides is 4. The van der Waals surface area contributed by atoms with E-state index < -0.39 is 6.04 Å². The monoisotopic (exact) mass is 605 g/mol. The number of ether oxygens (including phenoxy) is 2. The summed E-state index contributed by atoms with van der Waals surface area (Å²) in [5, 5.41) is 15.7. The Labute approximate surface area is 258 Å². The predicted molar refractivity (Wildman–Crippen MR) is 170 cm³/mol. The van der Waals surface area contributed by atoms with Crippen LogP contribution in [0.15, 0.2) is 18.2 Å². The van der Waals surface area contributed by atoms with Crippen molar-refractivity contribution in [2.45, 2.75) is 91.0 Å². The highest BCUT2D eigenvalue weighted by Crippen LogP contribution is 2.28. The van der Waals surface area contributed by atoms with Gasteiger partial charge in [0, 0.05) is 50.8 Å². The number of hydrogen-bond donors (Lipinski definition) is 3. The molecule has 1 aliphatic heterocycles. The van der Waals surface area contributed by atoms with Crippen LogP contribution in [-0.4, -0.2) is 116 Å². The average molecular weight is 606 g/mol. The number of anilines is 1. The zero-order valence-electron chi connectivity index (χ0n) is 27.5. The van der Waals surface area contributed by atoms with Gasteiger partial charge in [-0.2, -0.15) is 0 Å². The van der Waals surface area contributed by atoms with Gasteiger partial charge >= 0.3 is 6.03 Å². The number of benzene rings is 1. The van der Waals surface area contributed by atoms with Crippen LogP contribution in [0.2, 0.25) is 0 Å². The van der Waals surface area contributed by atoms with Crippen molar-refractivity contribution < 1.29 is 29.0 Å². The van der Waals surface area contributed by atoms with Crippen molar-refractivity contribution in [2.24, 2.45) is 5.92 Å². The van der Waals surface area contributed by atoms with Crippen LogP contribution in [-0.2, 0) is 9.53 Å². The van der Waals surface area contributed by atoms with Gasteiger partial charge in [-0.15, -0.1) is 0 Å². The fraction of sp³-hybridized carbons (Fsp3) is 0.719. The summed E-state index contributed by atoms with van der Waals surface area (Å²) in [6.07, 6.45) is 3.29. The summed E-state index contributed by atoms with van der Waals surface area (Å²) in [5.74, 6) is 0.0462. The maximum atomic E-state index is 14.2. The lowest BCUT2D eigenvalue weighted by Gasteiger charge is -2.36. The minimum Gasteiger partial charge on any atom is -0.490 e. The third-order valence-electron chi connectivity index (χ3n) is 7.60. The number of rotatable bonds is 10. The second-order valence-electron chi connectivity index (χ2n) is 12.4. The van der Waals surface area contributed by atoms with E-state index in [1.165, 1.54) is 0 Å². The summed E-state index contributed by atoms with van der Waals surface area (Å²) in [6.45, 7) is 11.4. The Hall–Kier alpha value is -2.89. The van der Waals surface area contributed by atoms with Gasteiger partial charge in [0.15, 0.2) is 0 Å². The van der Waals surface area contributed by atoms with Crippen molar-refractivity contribution in [3.63, 3.8) is 0 Å². The molecule has 0 bridgehead atoms. The summed E-state index contributed by atoms with van der Waals surface area (Å²) in [6, 6.07) is 4.17. The molecule has 0 aliphatic carbocycles. The number of hydrogen-bond acceptors (Lipinski definition) is 7. The number of aliphatic hydroxyl groups is 1. The third kappa shape index (κ3) is 12.3. The number of likely N-dealkylation sites (N-methyl/N-ethyl adjacent to an activating group) is 1. The van der Waals surface area contributed by atoms with Gasteiger partial charge in [0.2, 0.25) is 5.91 Å². The van der Waals surface area contributed by atoms with Gasteiger partial charge in [0.05, 0.1) is 30.4 Å². The lowest BCUT2D eigenvalue weighted by atomic mass is 10.0. The Morgan fingerprint density at radius 3 is 2.51 bits per heavy atom. The molecule has 244 valence electrons. The van der Waals surface area contributed by atoms with Crippen molar-refractivity contribution in [3.05, 3.63) is 23.8 Å². The summed E-state index contributed by atoms with van der Waals surface area (Å²) in [5.41, 5.74) is 0.771. The summed E-state index contributed by atoms with van der Waals surface area (Å²) in [4.78, 5) is 44.9. The zero-order chi connectivity index (χ0) is 32.1. The number of aliphatic hydroxyl groups excluding tert-OH is 1. The van der Waals surface area contributed by atoms with Crippen LogP contribution < -0.4 is 15.4 Å². The first-order chi connectivity index (χ1) is 20.3. The van der Waals surface area contributed by atoms with E-state index >= 15 is 0 Å². The standard InChI is InChI=1S/C32H55N5O6/c1-22(2)33-32(41)34-26-14-15-28-27(18-26)31(40)37(24(4)21-38)19-23(3)29(42-17-10-9-12-25(5)43-28)20-36(8)30(39)13-11-16-35(6)7/h14-15,18,22-25,29,38H,9-13,16-17,19-21H2,1-8H3,(H2,33,34,41)/t23-,24+,25-,29-/m1/s1. The molecule has 4 atom stereocenters. The Bertz CT molecular complexity index is 1040. The Morgan fingerprint density at radius 2 is 1.86 bits per heavy atom. The minimum absolute atomic E-state index is 0.0481. The number of carbonyl (C=O) groups excluding carboxylic acids is 3. The first kappa shape index (κ1) is 36.3. The average Bonchev–Trinajstić information content (AvgIpc) is 2.93. The van der Waals surface area contributed by atoms with Crippen LogP contribution in [0.5, 0.6) is 5.75 Å². The number of urea groups is 1. The van der Waals surface area contributed by atoms with Crippen molar-refractivity contribution in [3.8, 4) is 5.75 Å². The van der Waals surface area contributed by atoms with Gasteiger partial charge in [0.25, 0.3) is 5.91 Å². The van der Waals surface area contributed by atoms with Crippen LogP contribution >= 0.6 is 0 Å². The molecule has 0 saturated heterocycles. The molecule has 0 aromatic heterocycles. The lowest BCUT2D eigenvalue weighted by Crippen LogP contribution is -2.48. The molecule has 1 aliphatic rings. The summed E-state index contributed by atoms with van der Waals surface area (Å²) >= 11 is 0. The van der Waals surface area contributed by atoms with Gasteiger partial charge in [0.1, 0.15) is 5.75 Å². The molecular weight excluding hydrogens is 550 g/mol. The van der Waals surface area contributed by atoms with Gasteiger partial charge in [-0.3, -0.25) is 9.59 Å². The van der Waals surface area contributed by atoms with Crippen LogP contribution in [0, 0.1) is 5.92 Å². The molecule has 1 aromatic rings. The number of nitrogens with one attached hydrogen (secondary N) is 2. The molecule has 43 heavy (non-hydrogen) atoms. The normalized spacial score (nSPS) is 21.0. The Balaban J connectivity index is 2.38. The molecule has 0 fully saturated rings. The van der Waals surface area contributed by atoms with E-state index in [2.05, 4.69) is 15.5 Å². The van der Waals surface area contributed by atoms with Crippen LogP contribution in [0.25, 0.3) is 0 Å². The Kier molecular flexibility index (Phi) is 15.2. The fourth-order valence-corrected chi connectivity index (χ4v) is 5.00.